The zero-order valence-electron chi connectivity index (χ0n) is 13.4. The second-order valence-electron chi connectivity index (χ2n) is 5.19. The SMILES string of the molecule is CCC(CC)N(CCOC)C(CNC)c1ccccc1. The fraction of sp³-hybridized carbons (Fsp3) is 0.647. The average molecular weight is 278 g/mol. The van der Waals surface area contributed by atoms with Gasteiger partial charge in [0, 0.05) is 32.3 Å². The summed E-state index contributed by atoms with van der Waals surface area (Å²) in [6.45, 7) is 7.27. The third kappa shape index (κ3) is 4.89. The molecule has 1 unspecified atom stereocenters. The normalized spacial score (nSPS) is 13.1. The van der Waals surface area contributed by atoms with Crippen LogP contribution < -0.4 is 5.32 Å². The molecule has 0 aliphatic carbocycles. The van der Waals surface area contributed by atoms with Crippen molar-refractivity contribution in [2.24, 2.45) is 0 Å². The third-order valence-corrected chi connectivity index (χ3v) is 3.95. The van der Waals surface area contributed by atoms with E-state index in [-0.39, 0.29) is 0 Å². The van der Waals surface area contributed by atoms with Crippen molar-refractivity contribution in [1.82, 2.24) is 10.2 Å². The molecule has 0 spiro atoms. The van der Waals surface area contributed by atoms with Crippen LogP contribution in [0.5, 0.6) is 0 Å². The number of likely N-dealkylation sites (N-methyl/N-ethyl adjacent to an activating group) is 1. The van der Waals surface area contributed by atoms with Crippen molar-refractivity contribution < 1.29 is 4.74 Å². The highest BCUT2D eigenvalue weighted by Gasteiger charge is 2.24. The highest BCUT2D eigenvalue weighted by atomic mass is 16.5. The number of hydrogen-bond acceptors (Lipinski definition) is 3. The fourth-order valence-electron chi connectivity index (χ4n) is 2.84. The number of hydrogen-bond donors (Lipinski definition) is 1. The molecule has 0 aromatic heterocycles. The first-order valence-corrected chi connectivity index (χ1v) is 7.72. The number of nitrogens with zero attached hydrogens (tertiary/aromatic N) is 1. The largest absolute Gasteiger partial charge is 0.383 e. The summed E-state index contributed by atoms with van der Waals surface area (Å²) >= 11 is 0. The quantitative estimate of drug-likeness (QED) is 0.712. The van der Waals surface area contributed by atoms with Gasteiger partial charge in [-0.15, -0.1) is 0 Å². The molecule has 0 saturated heterocycles. The van der Waals surface area contributed by atoms with Crippen molar-refractivity contribution in [3.63, 3.8) is 0 Å². The molecule has 0 aliphatic rings. The lowest BCUT2D eigenvalue weighted by molar-refractivity contribution is 0.0790. The van der Waals surface area contributed by atoms with Crippen molar-refractivity contribution in [3.8, 4) is 0 Å². The summed E-state index contributed by atoms with van der Waals surface area (Å²) in [4.78, 5) is 2.59. The summed E-state index contributed by atoms with van der Waals surface area (Å²) in [5.74, 6) is 0. The van der Waals surface area contributed by atoms with Gasteiger partial charge in [-0.25, -0.2) is 0 Å². The molecule has 0 radical (unpaired) electrons. The van der Waals surface area contributed by atoms with Gasteiger partial charge in [-0.3, -0.25) is 4.90 Å². The molecule has 0 heterocycles. The van der Waals surface area contributed by atoms with Crippen LogP contribution in [0, 0.1) is 0 Å². The Morgan fingerprint density at radius 3 is 2.30 bits per heavy atom. The van der Waals surface area contributed by atoms with Crippen molar-refractivity contribution in [3.05, 3.63) is 35.9 Å². The van der Waals surface area contributed by atoms with Gasteiger partial charge in [0.05, 0.1) is 6.61 Å². The Hall–Kier alpha value is -0.900. The number of ether oxygens (including phenoxy) is 1. The van der Waals surface area contributed by atoms with Crippen LogP contribution in [0.25, 0.3) is 0 Å². The van der Waals surface area contributed by atoms with Crippen molar-refractivity contribution in [2.75, 3.05) is 33.9 Å². The van der Waals surface area contributed by atoms with Crippen LogP contribution in [0.2, 0.25) is 0 Å². The van der Waals surface area contributed by atoms with Gasteiger partial charge in [0.15, 0.2) is 0 Å². The molecule has 0 saturated carbocycles. The molecular formula is C17H30N2O. The van der Waals surface area contributed by atoms with E-state index in [9.17, 15) is 0 Å². The second kappa shape index (κ2) is 9.92. The van der Waals surface area contributed by atoms with E-state index >= 15 is 0 Å². The van der Waals surface area contributed by atoms with E-state index in [1.165, 1.54) is 18.4 Å². The molecule has 1 N–H and O–H groups in total. The Morgan fingerprint density at radius 1 is 1.15 bits per heavy atom. The second-order valence-corrected chi connectivity index (χ2v) is 5.19. The number of methoxy groups -OCH3 is 1. The third-order valence-electron chi connectivity index (χ3n) is 3.95. The van der Waals surface area contributed by atoms with Crippen molar-refractivity contribution >= 4 is 0 Å². The minimum atomic E-state index is 0.404. The van der Waals surface area contributed by atoms with Gasteiger partial charge in [-0.2, -0.15) is 0 Å². The van der Waals surface area contributed by atoms with E-state index in [1.807, 2.05) is 7.05 Å². The Kier molecular flexibility index (Phi) is 8.51. The first-order chi connectivity index (χ1) is 9.78. The maximum absolute atomic E-state index is 5.31. The summed E-state index contributed by atoms with van der Waals surface area (Å²) < 4.78 is 5.31. The maximum Gasteiger partial charge on any atom is 0.0590 e. The number of benzene rings is 1. The molecule has 1 aromatic carbocycles. The summed E-state index contributed by atoms with van der Waals surface area (Å²) in [5.41, 5.74) is 1.38. The van der Waals surface area contributed by atoms with Crippen LogP contribution in [0.4, 0.5) is 0 Å². The molecule has 0 amide bonds. The van der Waals surface area contributed by atoms with Crippen LogP contribution in [0.15, 0.2) is 30.3 Å². The van der Waals surface area contributed by atoms with Crippen molar-refractivity contribution in [1.29, 1.82) is 0 Å². The minimum Gasteiger partial charge on any atom is -0.383 e. The lowest BCUT2D eigenvalue weighted by atomic mass is 10.0. The van der Waals surface area contributed by atoms with E-state index < -0.39 is 0 Å². The minimum absolute atomic E-state index is 0.404. The van der Waals surface area contributed by atoms with E-state index in [1.54, 1.807) is 7.11 Å². The molecule has 20 heavy (non-hydrogen) atoms. The summed E-state index contributed by atoms with van der Waals surface area (Å²) in [7, 11) is 3.80. The molecule has 0 bridgehead atoms. The van der Waals surface area contributed by atoms with E-state index in [0.29, 0.717) is 12.1 Å². The Morgan fingerprint density at radius 2 is 1.80 bits per heavy atom. The Balaban J connectivity index is 2.96. The van der Waals surface area contributed by atoms with Crippen LogP contribution in [0.1, 0.15) is 38.3 Å². The smallest absolute Gasteiger partial charge is 0.0590 e. The summed E-state index contributed by atoms with van der Waals surface area (Å²) in [5, 5.41) is 3.34. The molecule has 1 aromatic rings. The molecular weight excluding hydrogens is 248 g/mol. The number of rotatable bonds is 10. The lowest BCUT2D eigenvalue weighted by Crippen LogP contribution is -2.43. The van der Waals surface area contributed by atoms with Gasteiger partial charge < -0.3 is 10.1 Å². The number of nitrogens with one attached hydrogen (secondary N) is 1. The molecule has 1 atom stereocenters. The monoisotopic (exact) mass is 278 g/mol. The highest BCUT2D eigenvalue weighted by molar-refractivity contribution is 5.19. The van der Waals surface area contributed by atoms with Gasteiger partial charge >= 0.3 is 0 Å². The molecule has 3 nitrogen and oxygen atoms in total. The lowest BCUT2D eigenvalue weighted by Gasteiger charge is -2.37. The van der Waals surface area contributed by atoms with E-state index in [0.717, 1.165) is 19.7 Å². The van der Waals surface area contributed by atoms with Crippen LogP contribution in [-0.4, -0.2) is 44.8 Å². The molecule has 0 fully saturated rings. The highest BCUT2D eigenvalue weighted by Crippen LogP contribution is 2.24. The van der Waals surface area contributed by atoms with Gasteiger partial charge in [0.25, 0.3) is 0 Å². The zero-order valence-corrected chi connectivity index (χ0v) is 13.4. The van der Waals surface area contributed by atoms with Crippen molar-refractivity contribution in [2.45, 2.75) is 38.8 Å². The molecule has 0 aliphatic heterocycles. The van der Waals surface area contributed by atoms with Gasteiger partial charge in [0.1, 0.15) is 0 Å². The topological polar surface area (TPSA) is 24.5 Å². The maximum atomic E-state index is 5.31. The Labute approximate surface area is 124 Å². The molecule has 1 rings (SSSR count). The summed E-state index contributed by atoms with van der Waals surface area (Å²) in [6.07, 6.45) is 2.35. The Bertz CT molecular complexity index is 338. The molecule has 114 valence electrons. The molecule has 3 heteroatoms. The first kappa shape index (κ1) is 17.2. The van der Waals surface area contributed by atoms with E-state index in [2.05, 4.69) is 54.4 Å². The zero-order chi connectivity index (χ0) is 14.8. The van der Waals surface area contributed by atoms with Crippen LogP contribution in [0.3, 0.4) is 0 Å². The predicted octanol–water partition coefficient (Wildman–Crippen LogP) is 3.08. The fourth-order valence-corrected chi connectivity index (χ4v) is 2.84. The summed E-state index contributed by atoms with van der Waals surface area (Å²) in [6, 6.07) is 11.8. The van der Waals surface area contributed by atoms with Gasteiger partial charge in [-0.1, -0.05) is 44.2 Å². The van der Waals surface area contributed by atoms with Crippen LogP contribution in [-0.2, 0) is 4.74 Å². The van der Waals surface area contributed by atoms with Crippen LogP contribution >= 0.6 is 0 Å². The average Bonchev–Trinajstić information content (AvgIpc) is 2.50. The first-order valence-electron chi connectivity index (χ1n) is 7.72. The van der Waals surface area contributed by atoms with Gasteiger partial charge in [0.2, 0.25) is 0 Å². The van der Waals surface area contributed by atoms with Gasteiger partial charge in [-0.05, 0) is 25.5 Å². The predicted molar refractivity (Wildman–Crippen MR) is 86.1 cm³/mol. The van der Waals surface area contributed by atoms with E-state index in [4.69, 9.17) is 4.74 Å². The standard InChI is InChI=1S/C17H30N2O/c1-5-16(6-2)19(12-13-20-4)17(14-18-3)15-10-8-7-9-11-15/h7-11,16-18H,5-6,12-14H2,1-4H3.